The SMILES string of the molecule is CC(C)(CCNC1CC1)c1cccc(F)c1F. The first kappa shape index (κ1) is 12.5. The summed E-state index contributed by atoms with van der Waals surface area (Å²) < 4.78 is 26.9. The largest absolute Gasteiger partial charge is 0.314 e. The monoisotopic (exact) mass is 239 g/mol. The minimum atomic E-state index is -0.759. The second-order valence-electron chi connectivity index (χ2n) is 5.46. The predicted octanol–water partition coefficient (Wildman–Crippen LogP) is 3.38. The maximum absolute atomic E-state index is 13.7. The number of nitrogens with one attached hydrogen (secondary N) is 1. The molecule has 0 saturated heterocycles. The Kier molecular flexibility index (Phi) is 3.48. The van der Waals surface area contributed by atoms with E-state index in [1.54, 1.807) is 12.1 Å². The molecule has 1 saturated carbocycles. The van der Waals surface area contributed by atoms with Gasteiger partial charge in [-0.1, -0.05) is 26.0 Å². The van der Waals surface area contributed by atoms with E-state index in [1.165, 1.54) is 12.8 Å². The lowest BCUT2D eigenvalue weighted by Crippen LogP contribution is -2.27. The Bertz CT molecular complexity index is 397. The Labute approximate surface area is 101 Å². The zero-order chi connectivity index (χ0) is 12.5. The van der Waals surface area contributed by atoms with E-state index in [2.05, 4.69) is 5.32 Å². The molecule has 1 aliphatic rings. The molecule has 1 aromatic carbocycles. The summed E-state index contributed by atoms with van der Waals surface area (Å²) >= 11 is 0. The van der Waals surface area contributed by atoms with Gasteiger partial charge in [-0.15, -0.1) is 0 Å². The lowest BCUT2D eigenvalue weighted by molar-refractivity contribution is 0.415. The van der Waals surface area contributed by atoms with Gasteiger partial charge in [-0.2, -0.15) is 0 Å². The van der Waals surface area contributed by atoms with Crippen molar-refractivity contribution >= 4 is 0 Å². The fourth-order valence-electron chi connectivity index (χ4n) is 2.04. The standard InChI is InChI=1S/C14H19F2N/c1-14(2,8-9-17-10-6-7-10)11-4-3-5-12(15)13(11)16/h3-5,10,17H,6-9H2,1-2H3. The molecule has 1 N–H and O–H groups in total. The molecule has 1 nitrogen and oxygen atoms in total. The number of benzene rings is 1. The van der Waals surface area contributed by atoms with Crippen LogP contribution in [0.4, 0.5) is 8.78 Å². The number of rotatable bonds is 5. The van der Waals surface area contributed by atoms with Crippen molar-refractivity contribution in [1.29, 1.82) is 0 Å². The van der Waals surface area contributed by atoms with Gasteiger partial charge in [-0.25, -0.2) is 8.78 Å². The second-order valence-corrected chi connectivity index (χ2v) is 5.46. The number of hydrogen-bond donors (Lipinski definition) is 1. The van der Waals surface area contributed by atoms with Crippen LogP contribution in [-0.4, -0.2) is 12.6 Å². The van der Waals surface area contributed by atoms with Gasteiger partial charge in [0.25, 0.3) is 0 Å². The average molecular weight is 239 g/mol. The Morgan fingerprint density at radius 3 is 2.65 bits per heavy atom. The first-order chi connectivity index (χ1) is 8.00. The van der Waals surface area contributed by atoms with Gasteiger partial charge in [0.1, 0.15) is 0 Å². The zero-order valence-corrected chi connectivity index (χ0v) is 10.4. The summed E-state index contributed by atoms with van der Waals surface area (Å²) in [5, 5.41) is 3.40. The molecule has 2 rings (SSSR count). The highest BCUT2D eigenvalue weighted by Crippen LogP contribution is 2.30. The van der Waals surface area contributed by atoms with Crippen LogP contribution < -0.4 is 5.32 Å². The zero-order valence-electron chi connectivity index (χ0n) is 10.4. The highest BCUT2D eigenvalue weighted by molar-refractivity contribution is 5.26. The van der Waals surface area contributed by atoms with Crippen LogP contribution in [0, 0.1) is 11.6 Å². The van der Waals surface area contributed by atoms with Gasteiger partial charge in [0.15, 0.2) is 11.6 Å². The molecule has 0 aromatic heterocycles. The van der Waals surface area contributed by atoms with Gasteiger partial charge >= 0.3 is 0 Å². The van der Waals surface area contributed by atoms with E-state index in [0.29, 0.717) is 11.6 Å². The van der Waals surface area contributed by atoms with Crippen molar-refractivity contribution < 1.29 is 8.78 Å². The molecular formula is C14H19F2N. The van der Waals surface area contributed by atoms with Crippen molar-refractivity contribution in [2.45, 2.75) is 44.6 Å². The summed E-state index contributed by atoms with van der Waals surface area (Å²) in [5.74, 6) is -1.46. The van der Waals surface area contributed by atoms with Gasteiger partial charge in [0.2, 0.25) is 0 Å². The Hall–Kier alpha value is -0.960. The van der Waals surface area contributed by atoms with Crippen molar-refractivity contribution in [3.8, 4) is 0 Å². The van der Waals surface area contributed by atoms with Crippen molar-refractivity contribution in [2.24, 2.45) is 0 Å². The van der Waals surface area contributed by atoms with E-state index in [1.807, 2.05) is 13.8 Å². The minimum absolute atomic E-state index is 0.339. The summed E-state index contributed by atoms with van der Waals surface area (Å²) in [7, 11) is 0. The van der Waals surface area contributed by atoms with Gasteiger partial charge in [-0.05, 0) is 42.9 Å². The van der Waals surface area contributed by atoms with Crippen molar-refractivity contribution in [1.82, 2.24) is 5.32 Å². The lowest BCUT2D eigenvalue weighted by Gasteiger charge is -2.26. The van der Waals surface area contributed by atoms with Crippen molar-refractivity contribution in [3.05, 3.63) is 35.4 Å². The Morgan fingerprint density at radius 1 is 1.29 bits per heavy atom. The van der Waals surface area contributed by atoms with E-state index in [-0.39, 0.29) is 5.41 Å². The van der Waals surface area contributed by atoms with E-state index in [0.717, 1.165) is 19.0 Å². The summed E-state index contributed by atoms with van der Waals surface area (Å²) in [6.07, 6.45) is 3.30. The van der Waals surface area contributed by atoms with Gasteiger partial charge in [0.05, 0.1) is 0 Å². The fraction of sp³-hybridized carbons (Fsp3) is 0.571. The summed E-state index contributed by atoms with van der Waals surface area (Å²) in [4.78, 5) is 0. The third-order valence-corrected chi connectivity index (χ3v) is 3.44. The van der Waals surface area contributed by atoms with Gasteiger partial charge in [0, 0.05) is 6.04 Å². The molecule has 3 heteroatoms. The van der Waals surface area contributed by atoms with Crippen LogP contribution in [0.1, 0.15) is 38.7 Å². The number of halogens is 2. The molecule has 0 radical (unpaired) electrons. The minimum Gasteiger partial charge on any atom is -0.314 e. The van der Waals surface area contributed by atoms with Crippen LogP contribution >= 0.6 is 0 Å². The van der Waals surface area contributed by atoms with Crippen LogP contribution in [0.25, 0.3) is 0 Å². The van der Waals surface area contributed by atoms with Crippen molar-refractivity contribution in [3.63, 3.8) is 0 Å². The Balaban J connectivity index is 2.03. The molecule has 0 heterocycles. The topological polar surface area (TPSA) is 12.0 Å². The molecule has 1 fully saturated rings. The highest BCUT2D eigenvalue weighted by atomic mass is 19.2. The molecule has 1 aromatic rings. The van der Waals surface area contributed by atoms with Crippen LogP contribution in [0.5, 0.6) is 0 Å². The molecule has 0 atom stereocenters. The van der Waals surface area contributed by atoms with Gasteiger partial charge in [-0.3, -0.25) is 0 Å². The third kappa shape index (κ3) is 3.03. The first-order valence-electron chi connectivity index (χ1n) is 6.18. The smallest absolute Gasteiger partial charge is 0.162 e. The van der Waals surface area contributed by atoms with E-state index < -0.39 is 11.6 Å². The van der Waals surface area contributed by atoms with E-state index in [9.17, 15) is 8.78 Å². The predicted molar refractivity (Wildman–Crippen MR) is 65.0 cm³/mol. The van der Waals surface area contributed by atoms with Crippen LogP contribution in [-0.2, 0) is 5.41 Å². The lowest BCUT2D eigenvalue weighted by atomic mass is 9.81. The first-order valence-corrected chi connectivity index (χ1v) is 6.18. The molecule has 0 unspecified atom stereocenters. The molecule has 0 aliphatic heterocycles. The molecule has 0 spiro atoms. The summed E-state index contributed by atoms with van der Waals surface area (Å²) in [5.41, 5.74) is 0.128. The third-order valence-electron chi connectivity index (χ3n) is 3.44. The summed E-state index contributed by atoms with van der Waals surface area (Å²) in [6.45, 7) is 4.77. The van der Waals surface area contributed by atoms with Crippen LogP contribution in [0.2, 0.25) is 0 Å². The quantitative estimate of drug-likeness (QED) is 0.830. The highest BCUT2D eigenvalue weighted by Gasteiger charge is 2.27. The normalized spacial score (nSPS) is 16.2. The number of hydrogen-bond acceptors (Lipinski definition) is 1. The van der Waals surface area contributed by atoms with Crippen molar-refractivity contribution in [2.75, 3.05) is 6.54 Å². The molecule has 17 heavy (non-hydrogen) atoms. The van der Waals surface area contributed by atoms with E-state index in [4.69, 9.17) is 0 Å². The van der Waals surface area contributed by atoms with E-state index >= 15 is 0 Å². The Morgan fingerprint density at radius 2 is 2.00 bits per heavy atom. The molecule has 1 aliphatic carbocycles. The fourth-order valence-corrected chi connectivity index (χ4v) is 2.04. The van der Waals surface area contributed by atoms with Crippen LogP contribution in [0.3, 0.4) is 0 Å². The molecule has 0 bridgehead atoms. The average Bonchev–Trinajstić information content (AvgIpc) is 3.05. The molecule has 94 valence electrons. The second kappa shape index (κ2) is 4.73. The molecule has 0 amide bonds. The van der Waals surface area contributed by atoms with Gasteiger partial charge < -0.3 is 5.32 Å². The van der Waals surface area contributed by atoms with Crippen LogP contribution in [0.15, 0.2) is 18.2 Å². The summed E-state index contributed by atoms with van der Waals surface area (Å²) in [6, 6.07) is 5.07. The maximum Gasteiger partial charge on any atom is 0.162 e. The maximum atomic E-state index is 13.7. The molecular weight excluding hydrogens is 220 g/mol.